The number of carbonyl (C=O) groups excluding carboxylic acids is 2. The van der Waals surface area contributed by atoms with Gasteiger partial charge >= 0.3 is 0 Å². The predicted octanol–water partition coefficient (Wildman–Crippen LogP) is 1.28. The van der Waals surface area contributed by atoms with Crippen LogP contribution in [0, 0.1) is 0 Å². The molecule has 2 amide bonds. The maximum atomic E-state index is 13.1. The Bertz CT molecular complexity index is 819. The second-order valence-electron chi connectivity index (χ2n) is 7.03. The quantitative estimate of drug-likeness (QED) is 0.904. The molecule has 1 aromatic heterocycles. The van der Waals surface area contributed by atoms with E-state index >= 15 is 0 Å². The molecule has 2 fully saturated rings. The summed E-state index contributed by atoms with van der Waals surface area (Å²) in [5.41, 5.74) is 1.18. The van der Waals surface area contributed by atoms with Crippen LogP contribution in [0.25, 0.3) is 0 Å². The summed E-state index contributed by atoms with van der Waals surface area (Å²) in [5, 5.41) is 10.0. The Hall–Kier alpha value is -2.73. The smallest absolute Gasteiger partial charge is 0.254 e. The maximum absolute atomic E-state index is 13.1. The van der Waals surface area contributed by atoms with E-state index in [9.17, 15) is 14.7 Å². The number of aliphatic hydroxyl groups is 1. The van der Waals surface area contributed by atoms with Crippen molar-refractivity contribution in [2.24, 2.45) is 0 Å². The lowest BCUT2D eigenvalue weighted by atomic mass is 9.60. The van der Waals surface area contributed by atoms with Crippen molar-refractivity contribution in [1.82, 2.24) is 14.8 Å². The summed E-state index contributed by atoms with van der Waals surface area (Å²) in [6.45, 7) is 2.42. The molecule has 0 aliphatic carbocycles. The highest BCUT2D eigenvalue weighted by atomic mass is 16.3. The molecule has 0 saturated carbocycles. The van der Waals surface area contributed by atoms with E-state index in [2.05, 4.69) is 4.98 Å². The molecule has 0 bridgehead atoms. The minimum atomic E-state index is -0.458. The van der Waals surface area contributed by atoms with Crippen LogP contribution in [0.1, 0.15) is 28.8 Å². The number of hydrogen-bond donors (Lipinski definition) is 1. The molecule has 134 valence electrons. The first kappa shape index (κ1) is 16.7. The lowest BCUT2D eigenvalue weighted by molar-refractivity contribution is -0.176. The van der Waals surface area contributed by atoms with Crippen molar-refractivity contribution < 1.29 is 14.7 Å². The van der Waals surface area contributed by atoms with Crippen molar-refractivity contribution in [1.29, 1.82) is 0 Å². The van der Waals surface area contributed by atoms with Crippen LogP contribution < -0.4 is 0 Å². The van der Waals surface area contributed by atoms with Crippen LogP contribution in [0.3, 0.4) is 0 Å². The molecule has 4 rings (SSSR count). The van der Waals surface area contributed by atoms with Crippen molar-refractivity contribution in [3.05, 3.63) is 66.0 Å². The standard InChI is InChI=1S/C20H21N3O3/c1-14(25)22-12-20(13-22)18(15-5-3-2-4-6-15)17(11-24)23(20)19(26)16-7-9-21-10-8-16/h2-10,17-18,24H,11-13H2,1H3/t17-,18+/m0/s1. The van der Waals surface area contributed by atoms with E-state index < -0.39 is 5.54 Å². The molecule has 2 saturated heterocycles. The van der Waals surface area contributed by atoms with Gasteiger partial charge in [0.1, 0.15) is 0 Å². The zero-order valence-corrected chi connectivity index (χ0v) is 14.6. The van der Waals surface area contributed by atoms with E-state index in [0.717, 1.165) is 5.56 Å². The summed E-state index contributed by atoms with van der Waals surface area (Å²) in [7, 11) is 0. The molecule has 1 spiro atoms. The minimum Gasteiger partial charge on any atom is -0.394 e. The van der Waals surface area contributed by atoms with E-state index in [1.165, 1.54) is 0 Å². The summed E-state index contributed by atoms with van der Waals surface area (Å²) in [5.74, 6) is -0.108. The molecular weight excluding hydrogens is 330 g/mol. The number of carbonyl (C=O) groups is 2. The fourth-order valence-corrected chi connectivity index (χ4v) is 4.46. The zero-order chi connectivity index (χ0) is 18.3. The fourth-order valence-electron chi connectivity index (χ4n) is 4.46. The summed E-state index contributed by atoms with van der Waals surface area (Å²) >= 11 is 0. The Morgan fingerprint density at radius 1 is 1.15 bits per heavy atom. The Balaban J connectivity index is 1.71. The molecule has 1 aromatic carbocycles. The molecule has 1 N–H and O–H groups in total. The van der Waals surface area contributed by atoms with E-state index in [4.69, 9.17) is 0 Å². The van der Waals surface area contributed by atoms with E-state index in [0.29, 0.717) is 18.7 Å². The summed E-state index contributed by atoms with van der Waals surface area (Å²) < 4.78 is 0. The average molecular weight is 351 g/mol. The van der Waals surface area contributed by atoms with Gasteiger partial charge in [0.05, 0.1) is 18.2 Å². The maximum Gasteiger partial charge on any atom is 0.254 e. The third kappa shape index (κ3) is 2.33. The van der Waals surface area contributed by atoms with Crippen LogP contribution >= 0.6 is 0 Å². The number of aliphatic hydroxyl groups excluding tert-OH is 1. The lowest BCUT2D eigenvalue weighted by Crippen LogP contribution is -2.85. The van der Waals surface area contributed by atoms with Gasteiger partial charge < -0.3 is 14.9 Å². The van der Waals surface area contributed by atoms with Gasteiger partial charge in [-0.1, -0.05) is 30.3 Å². The van der Waals surface area contributed by atoms with Gasteiger partial charge in [0, 0.05) is 43.9 Å². The highest BCUT2D eigenvalue weighted by Crippen LogP contribution is 2.54. The topological polar surface area (TPSA) is 73.7 Å². The van der Waals surface area contributed by atoms with Crippen LogP contribution in [0.15, 0.2) is 54.9 Å². The Kier molecular flexibility index (Phi) is 4.00. The largest absolute Gasteiger partial charge is 0.394 e. The van der Waals surface area contributed by atoms with Crippen molar-refractivity contribution in [3.63, 3.8) is 0 Å². The summed E-state index contributed by atoms with van der Waals surface area (Å²) in [6.07, 6.45) is 3.18. The number of likely N-dealkylation sites (tertiary alicyclic amines) is 2. The van der Waals surface area contributed by atoms with Gasteiger partial charge in [-0.3, -0.25) is 14.6 Å². The number of hydrogen-bond acceptors (Lipinski definition) is 4. The predicted molar refractivity (Wildman–Crippen MR) is 95.4 cm³/mol. The average Bonchev–Trinajstić information content (AvgIpc) is 2.61. The third-order valence-corrected chi connectivity index (χ3v) is 5.64. The Morgan fingerprint density at radius 2 is 1.81 bits per heavy atom. The van der Waals surface area contributed by atoms with Gasteiger partial charge in [0.15, 0.2) is 0 Å². The van der Waals surface area contributed by atoms with Crippen LogP contribution in [0.4, 0.5) is 0 Å². The molecule has 0 radical (unpaired) electrons. The first-order valence-corrected chi connectivity index (χ1v) is 8.73. The molecule has 3 heterocycles. The van der Waals surface area contributed by atoms with Gasteiger partial charge in [-0.15, -0.1) is 0 Å². The molecule has 2 aromatic rings. The molecule has 0 unspecified atom stereocenters. The van der Waals surface area contributed by atoms with Gasteiger partial charge in [0.2, 0.25) is 5.91 Å². The molecule has 2 aliphatic heterocycles. The first-order valence-electron chi connectivity index (χ1n) is 8.73. The normalized spacial score (nSPS) is 23.3. The van der Waals surface area contributed by atoms with Crippen LogP contribution in [-0.2, 0) is 4.79 Å². The second-order valence-corrected chi connectivity index (χ2v) is 7.03. The van der Waals surface area contributed by atoms with Gasteiger partial charge in [-0.25, -0.2) is 0 Å². The second kappa shape index (κ2) is 6.21. The minimum absolute atomic E-state index is 0.00574. The molecule has 6 heteroatoms. The van der Waals surface area contributed by atoms with Crippen LogP contribution in [-0.4, -0.2) is 63.0 Å². The highest BCUT2D eigenvalue weighted by Gasteiger charge is 2.67. The first-order chi connectivity index (χ1) is 12.6. The summed E-state index contributed by atoms with van der Waals surface area (Å²) in [4.78, 5) is 32.4. The molecular formula is C20H21N3O3. The third-order valence-electron chi connectivity index (χ3n) is 5.64. The SMILES string of the molecule is CC(=O)N1CC2(C1)[C@H](c1ccccc1)[C@H](CO)N2C(=O)c1ccncc1. The summed E-state index contributed by atoms with van der Waals surface area (Å²) in [6, 6.07) is 13.0. The van der Waals surface area contributed by atoms with Crippen LogP contribution in [0.2, 0.25) is 0 Å². The molecule has 2 aliphatic rings. The highest BCUT2D eigenvalue weighted by molar-refractivity contribution is 5.96. The molecule has 2 atom stereocenters. The Labute approximate surface area is 152 Å². The Morgan fingerprint density at radius 3 is 2.38 bits per heavy atom. The lowest BCUT2D eigenvalue weighted by Gasteiger charge is -2.70. The van der Waals surface area contributed by atoms with Crippen molar-refractivity contribution in [3.8, 4) is 0 Å². The number of nitrogens with zero attached hydrogens (tertiary/aromatic N) is 3. The number of benzene rings is 1. The van der Waals surface area contributed by atoms with Crippen molar-refractivity contribution in [2.75, 3.05) is 19.7 Å². The number of aromatic nitrogens is 1. The van der Waals surface area contributed by atoms with E-state index in [-0.39, 0.29) is 30.4 Å². The monoisotopic (exact) mass is 351 g/mol. The van der Waals surface area contributed by atoms with Gasteiger partial charge in [0.25, 0.3) is 5.91 Å². The number of amides is 2. The van der Waals surface area contributed by atoms with E-state index in [1.54, 1.807) is 41.2 Å². The van der Waals surface area contributed by atoms with E-state index in [1.807, 2.05) is 30.3 Å². The fraction of sp³-hybridized carbons (Fsp3) is 0.350. The van der Waals surface area contributed by atoms with Gasteiger partial charge in [-0.2, -0.15) is 0 Å². The molecule has 6 nitrogen and oxygen atoms in total. The van der Waals surface area contributed by atoms with Gasteiger partial charge in [-0.05, 0) is 17.7 Å². The zero-order valence-electron chi connectivity index (χ0n) is 14.6. The number of rotatable bonds is 3. The molecule has 26 heavy (non-hydrogen) atoms. The van der Waals surface area contributed by atoms with Crippen molar-refractivity contribution >= 4 is 11.8 Å². The number of pyridine rings is 1. The van der Waals surface area contributed by atoms with Crippen LogP contribution in [0.5, 0.6) is 0 Å². The van der Waals surface area contributed by atoms with Crippen molar-refractivity contribution in [2.45, 2.75) is 24.4 Å².